The smallest absolute Gasteiger partial charge is 0.239 e. The molecule has 80 valence electrons. The van der Waals surface area contributed by atoms with Crippen LogP contribution in [0.15, 0.2) is 0 Å². The van der Waals surface area contributed by atoms with Crippen LogP contribution in [0.2, 0.25) is 0 Å². The SMILES string of the molecule is CC(C)(N)C(=O)NC1CC2CCC1O2. The molecule has 2 aliphatic rings. The van der Waals surface area contributed by atoms with E-state index in [9.17, 15) is 4.79 Å². The number of nitrogens with one attached hydrogen (secondary N) is 1. The van der Waals surface area contributed by atoms with Gasteiger partial charge in [-0.2, -0.15) is 0 Å². The van der Waals surface area contributed by atoms with E-state index in [2.05, 4.69) is 5.32 Å². The van der Waals surface area contributed by atoms with E-state index in [0.29, 0.717) is 6.10 Å². The number of carbonyl (C=O) groups excluding carboxylic acids is 1. The summed E-state index contributed by atoms with van der Waals surface area (Å²) in [6, 6.07) is 0.184. The summed E-state index contributed by atoms with van der Waals surface area (Å²) in [6.07, 6.45) is 3.76. The van der Waals surface area contributed by atoms with E-state index in [1.807, 2.05) is 0 Å². The van der Waals surface area contributed by atoms with Crippen LogP contribution < -0.4 is 11.1 Å². The lowest BCUT2D eigenvalue weighted by Gasteiger charge is -2.25. The van der Waals surface area contributed by atoms with Crippen molar-refractivity contribution in [2.75, 3.05) is 0 Å². The van der Waals surface area contributed by atoms with Gasteiger partial charge in [-0.3, -0.25) is 4.79 Å². The standard InChI is InChI=1S/C10H18N2O2/c1-10(2,11)9(13)12-7-5-6-3-4-8(7)14-6/h6-8H,3-5,11H2,1-2H3,(H,12,13). The zero-order valence-electron chi connectivity index (χ0n) is 8.75. The Morgan fingerprint density at radius 2 is 2.21 bits per heavy atom. The minimum atomic E-state index is -0.790. The molecule has 2 rings (SSSR count). The molecule has 0 spiro atoms. The van der Waals surface area contributed by atoms with Crippen LogP contribution in [0.3, 0.4) is 0 Å². The molecule has 2 saturated heterocycles. The fourth-order valence-corrected chi connectivity index (χ4v) is 2.14. The minimum absolute atomic E-state index is 0.0846. The van der Waals surface area contributed by atoms with Crippen molar-refractivity contribution in [3.8, 4) is 0 Å². The first-order chi connectivity index (χ1) is 6.47. The van der Waals surface area contributed by atoms with Crippen LogP contribution in [0.1, 0.15) is 33.1 Å². The van der Waals surface area contributed by atoms with Gasteiger partial charge < -0.3 is 15.8 Å². The largest absolute Gasteiger partial charge is 0.373 e. The molecule has 3 N–H and O–H groups in total. The summed E-state index contributed by atoms with van der Waals surface area (Å²) in [5, 5.41) is 2.96. The molecule has 0 aromatic rings. The summed E-state index contributed by atoms with van der Waals surface area (Å²) in [5.41, 5.74) is 4.91. The van der Waals surface area contributed by atoms with Crippen LogP contribution in [0, 0.1) is 0 Å². The number of nitrogens with two attached hydrogens (primary N) is 1. The first-order valence-electron chi connectivity index (χ1n) is 5.22. The van der Waals surface area contributed by atoms with Gasteiger partial charge in [0, 0.05) is 0 Å². The average molecular weight is 198 g/mol. The lowest BCUT2D eigenvalue weighted by molar-refractivity contribution is -0.126. The van der Waals surface area contributed by atoms with Gasteiger partial charge in [0.05, 0.1) is 23.8 Å². The number of hydrogen-bond acceptors (Lipinski definition) is 3. The highest BCUT2D eigenvalue weighted by molar-refractivity contribution is 5.85. The molecule has 0 radical (unpaired) electrons. The number of rotatable bonds is 2. The Labute approximate surface area is 84.2 Å². The van der Waals surface area contributed by atoms with Crippen LogP contribution in [0.25, 0.3) is 0 Å². The van der Waals surface area contributed by atoms with E-state index in [1.54, 1.807) is 13.8 Å². The fourth-order valence-electron chi connectivity index (χ4n) is 2.14. The maximum atomic E-state index is 11.6. The van der Waals surface area contributed by atoms with E-state index >= 15 is 0 Å². The van der Waals surface area contributed by atoms with E-state index in [-0.39, 0.29) is 18.1 Å². The maximum absolute atomic E-state index is 11.6. The van der Waals surface area contributed by atoms with Gasteiger partial charge in [-0.05, 0) is 33.1 Å². The number of amides is 1. The van der Waals surface area contributed by atoms with Gasteiger partial charge >= 0.3 is 0 Å². The van der Waals surface area contributed by atoms with Crippen molar-refractivity contribution < 1.29 is 9.53 Å². The summed E-state index contributed by atoms with van der Waals surface area (Å²) in [6.45, 7) is 3.44. The average Bonchev–Trinajstić information content (AvgIpc) is 2.62. The Kier molecular flexibility index (Phi) is 2.27. The molecule has 14 heavy (non-hydrogen) atoms. The van der Waals surface area contributed by atoms with Crippen molar-refractivity contribution in [3.63, 3.8) is 0 Å². The van der Waals surface area contributed by atoms with Crippen molar-refractivity contribution in [3.05, 3.63) is 0 Å². The number of carbonyl (C=O) groups is 1. The summed E-state index contributed by atoms with van der Waals surface area (Å²) < 4.78 is 5.64. The molecule has 0 saturated carbocycles. The van der Waals surface area contributed by atoms with Crippen molar-refractivity contribution >= 4 is 5.91 Å². The van der Waals surface area contributed by atoms with Gasteiger partial charge in [0.15, 0.2) is 0 Å². The first-order valence-corrected chi connectivity index (χ1v) is 5.22. The number of ether oxygens (including phenoxy) is 1. The Bertz CT molecular complexity index is 247. The summed E-state index contributed by atoms with van der Waals surface area (Å²) >= 11 is 0. The van der Waals surface area contributed by atoms with E-state index in [1.165, 1.54) is 0 Å². The summed E-state index contributed by atoms with van der Waals surface area (Å²) in [7, 11) is 0. The quantitative estimate of drug-likeness (QED) is 0.664. The molecule has 3 unspecified atom stereocenters. The molecule has 3 atom stereocenters. The predicted octanol–water partition coefficient (Wildman–Crippen LogP) is 0.160. The monoisotopic (exact) mass is 198 g/mol. The molecule has 4 nitrogen and oxygen atoms in total. The van der Waals surface area contributed by atoms with Gasteiger partial charge in [0.25, 0.3) is 0 Å². The van der Waals surface area contributed by atoms with Crippen LogP contribution >= 0.6 is 0 Å². The fraction of sp³-hybridized carbons (Fsp3) is 0.900. The van der Waals surface area contributed by atoms with Crippen LogP contribution in [0.4, 0.5) is 0 Å². The third-order valence-corrected chi connectivity index (χ3v) is 3.01. The lowest BCUT2D eigenvalue weighted by atomic mass is 9.94. The van der Waals surface area contributed by atoms with Gasteiger partial charge in [-0.15, -0.1) is 0 Å². The number of fused-ring (bicyclic) bond motifs is 2. The lowest BCUT2D eigenvalue weighted by Crippen LogP contribution is -2.54. The third kappa shape index (κ3) is 1.77. The summed E-state index contributed by atoms with van der Waals surface area (Å²) in [5.74, 6) is -0.0846. The molecule has 2 aliphatic heterocycles. The Hall–Kier alpha value is -0.610. The highest BCUT2D eigenvalue weighted by Crippen LogP contribution is 2.34. The predicted molar refractivity (Wildman–Crippen MR) is 52.7 cm³/mol. The molecular formula is C10H18N2O2. The molecule has 2 heterocycles. The van der Waals surface area contributed by atoms with Gasteiger partial charge in [0.2, 0.25) is 5.91 Å². The zero-order chi connectivity index (χ0) is 10.3. The normalized spacial score (nSPS) is 36.1. The zero-order valence-corrected chi connectivity index (χ0v) is 8.75. The van der Waals surface area contributed by atoms with Gasteiger partial charge in [0.1, 0.15) is 0 Å². The second-order valence-electron chi connectivity index (χ2n) is 4.91. The molecular weight excluding hydrogens is 180 g/mol. The molecule has 2 bridgehead atoms. The third-order valence-electron chi connectivity index (χ3n) is 3.01. The van der Waals surface area contributed by atoms with Crippen LogP contribution in [-0.2, 0) is 9.53 Å². The van der Waals surface area contributed by atoms with Crippen molar-refractivity contribution in [2.45, 2.75) is 56.9 Å². The van der Waals surface area contributed by atoms with Crippen LogP contribution in [-0.4, -0.2) is 29.7 Å². The molecule has 0 aromatic carbocycles. The topological polar surface area (TPSA) is 64.4 Å². The van der Waals surface area contributed by atoms with E-state index < -0.39 is 5.54 Å². The van der Waals surface area contributed by atoms with Crippen LogP contribution in [0.5, 0.6) is 0 Å². The first kappa shape index (κ1) is 9.93. The van der Waals surface area contributed by atoms with Crippen molar-refractivity contribution in [1.29, 1.82) is 0 Å². The Morgan fingerprint density at radius 1 is 1.50 bits per heavy atom. The van der Waals surface area contributed by atoms with E-state index in [4.69, 9.17) is 10.5 Å². The maximum Gasteiger partial charge on any atom is 0.239 e. The van der Waals surface area contributed by atoms with Crippen molar-refractivity contribution in [2.24, 2.45) is 5.73 Å². The Balaban J connectivity index is 1.90. The molecule has 0 aliphatic carbocycles. The second-order valence-corrected chi connectivity index (χ2v) is 4.91. The Morgan fingerprint density at radius 3 is 2.64 bits per heavy atom. The molecule has 4 heteroatoms. The number of hydrogen-bond donors (Lipinski definition) is 2. The van der Waals surface area contributed by atoms with Gasteiger partial charge in [-0.1, -0.05) is 0 Å². The minimum Gasteiger partial charge on any atom is -0.373 e. The van der Waals surface area contributed by atoms with Crippen molar-refractivity contribution in [1.82, 2.24) is 5.32 Å². The molecule has 1 amide bonds. The highest BCUT2D eigenvalue weighted by atomic mass is 16.5. The molecule has 0 aromatic heterocycles. The summed E-state index contributed by atoms with van der Waals surface area (Å²) in [4.78, 5) is 11.6. The molecule has 2 fully saturated rings. The highest BCUT2D eigenvalue weighted by Gasteiger charge is 2.42. The van der Waals surface area contributed by atoms with Gasteiger partial charge in [-0.25, -0.2) is 0 Å². The second kappa shape index (κ2) is 3.21. The van der Waals surface area contributed by atoms with E-state index in [0.717, 1.165) is 19.3 Å².